The molecular formula is C13H29NO. The van der Waals surface area contributed by atoms with Gasteiger partial charge in [0.15, 0.2) is 0 Å². The summed E-state index contributed by atoms with van der Waals surface area (Å²) in [4.78, 5) is 0. The summed E-state index contributed by atoms with van der Waals surface area (Å²) in [6.45, 7) is 9.59. The Kier molecular flexibility index (Phi) is 11.9. The van der Waals surface area contributed by atoms with Crippen LogP contribution in [0.1, 0.15) is 59.3 Å². The van der Waals surface area contributed by atoms with Crippen LogP contribution in [0.25, 0.3) is 0 Å². The number of nitrogens with one attached hydrogen (secondary N) is 1. The van der Waals surface area contributed by atoms with Crippen molar-refractivity contribution in [1.82, 2.24) is 5.32 Å². The number of unbranched alkanes of at least 4 members (excludes halogenated alkanes) is 4. The molecule has 0 aromatic heterocycles. The Morgan fingerprint density at radius 2 is 1.60 bits per heavy atom. The minimum absolute atomic E-state index is 0.374. The first kappa shape index (κ1) is 14.9. The Morgan fingerprint density at radius 3 is 2.27 bits per heavy atom. The van der Waals surface area contributed by atoms with Gasteiger partial charge in [-0.25, -0.2) is 0 Å². The molecule has 0 atom stereocenters. The number of hydrogen-bond acceptors (Lipinski definition) is 2. The molecule has 0 rings (SSSR count). The fraction of sp³-hybridized carbons (Fsp3) is 1.00. The molecule has 0 aromatic rings. The second-order valence-corrected chi connectivity index (χ2v) is 4.44. The van der Waals surface area contributed by atoms with E-state index in [1.165, 1.54) is 38.6 Å². The Balaban J connectivity index is 2.87. The molecule has 0 saturated heterocycles. The highest BCUT2D eigenvalue weighted by Crippen LogP contribution is 2.00. The van der Waals surface area contributed by atoms with Crippen molar-refractivity contribution in [1.29, 1.82) is 0 Å². The molecule has 2 heteroatoms. The molecule has 0 unspecified atom stereocenters. The van der Waals surface area contributed by atoms with Crippen LogP contribution in [0.4, 0.5) is 0 Å². The Hall–Kier alpha value is -0.0800. The highest BCUT2D eigenvalue weighted by atomic mass is 16.5. The van der Waals surface area contributed by atoms with Crippen molar-refractivity contribution in [2.75, 3.05) is 19.7 Å². The molecule has 15 heavy (non-hydrogen) atoms. The van der Waals surface area contributed by atoms with E-state index in [0.29, 0.717) is 6.10 Å². The van der Waals surface area contributed by atoms with Crippen molar-refractivity contribution in [3.8, 4) is 0 Å². The number of rotatable bonds is 11. The summed E-state index contributed by atoms with van der Waals surface area (Å²) in [7, 11) is 0. The van der Waals surface area contributed by atoms with Crippen molar-refractivity contribution in [3.05, 3.63) is 0 Å². The summed E-state index contributed by atoms with van der Waals surface area (Å²) in [5.41, 5.74) is 0. The van der Waals surface area contributed by atoms with Crippen LogP contribution >= 0.6 is 0 Å². The van der Waals surface area contributed by atoms with Gasteiger partial charge in [0, 0.05) is 6.61 Å². The SMILES string of the molecule is CCCCCCCNCCCOC(C)C. The molecule has 0 aliphatic rings. The lowest BCUT2D eigenvalue weighted by atomic mass is 10.1. The van der Waals surface area contributed by atoms with Gasteiger partial charge in [0.2, 0.25) is 0 Å². The van der Waals surface area contributed by atoms with Gasteiger partial charge < -0.3 is 10.1 Å². The molecule has 1 N–H and O–H groups in total. The van der Waals surface area contributed by atoms with Gasteiger partial charge in [0.1, 0.15) is 0 Å². The molecule has 92 valence electrons. The predicted octanol–water partition coefficient (Wildman–Crippen LogP) is 3.36. The maximum Gasteiger partial charge on any atom is 0.0518 e. The smallest absolute Gasteiger partial charge is 0.0518 e. The maximum absolute atomic E-state index is 5.46. The zero-order chi connectivity index (χ0) is 11.4. The van der Waals surface area contributed by atoms with Gasteiger partial charge in [-0.2, -0.15) is 0 Å². The number of hydrogen-bond donors (Lipinski definition) is 1. The molecule has 0 spiro atoms. The van der Waals surface area contributed by atoms with E-state index in [1.807, 2.05) is 0 Å². The quantitative estimate of drug-likeness (QED) is 0.534. The molecule has 0 heterocycles. The first-order valence-electron chi connectivity index (χ1n) is 6.59. The zero-order valence-corrected chi connectivity index (χ0v) is 10.8. The van der Waals surface area contributed by atoms with Crippen LogP contribution < -0.4 is 5.32 Å². The Bertz CT molecular complexity index is 115. The van der Waals surface area contributed by atoms with Crippen LogP contribution in [-0.2, 0) is 4.74 Å². The second-order valence-electron chi connectivity index (χ2n) is 4.44. The van der Waals surface area contributed by atoms with Gasteiger partial charge in [-0.3, -0.25) is 0 Å². The van der Waals surface area contributed by atoms with Crippen LogP contribution in [0.2, 0.25) is 0 Å². The average molecular weight is 215 g/mol. The molecule has 2 nitrogen and oxygen atoms in total. The molecule has 0 amide bonds. The largest absolute Gasteiger partial charge is 0.379 e. The van der Waals surface area contributed by atoms with E-state index >= 15 is 0 Å². The minimum Gasteiger partial charge on any atom is -0.379 e. The third kappa shape index (κ3) is 13.9. The fourth-order valence-electron chi connectivity index (χ4n) is 1.49. The van der Waals surface area contributed by atoms with E-state index in [1.54, 1.807) is 0 Å². The van der Waals surface area contributed by atoms with Gasteiger partial charge >= 0.3 is 0 Å². The number of ether oxygens (including phenoxy) is 1. The molecule has 0 radical (unpaired) electrons. The van der Waals surface area contributed by atoms with E-state index in [-0.39, 0.29) is 0 Å². The van der Waals surface area contributed by atoms with Gasteiger partial charge in [0.25, 0.3) is 0 Å². The molecule has 0 fully saturated rings. The fourth-order valence-corrected chi connectivity index (χ4v) is 1.49. The molecule has 0 aromatic carbocycles. The lowest BCUT2D eigenvalue weighted by molar-refractivity contribution is 0.0771. The summed E-state index contributed by atoms with van der Waals surface area (Å²) in [6.07, 6.45) is 8.33. The molecular weight excluding hydrogens is 186 g/mol. The molecule has 0 aliphatic heterocycles. The predicted molar refractivity (Wildman–Crippen MR) is 67.3 cm³/mol. The van der Waals surface area contributed by atoms with Crippen molar-refractivity contribution >= 4 is 0 Å². The standard InChI is InChI=1S/C13H29NO/c1-4-5-6-7-8-10-14-11-9-12-15-13(2)3/h13-14H,4-12H2,1-3H3. The van der Waals surface area contributed by atoms with Gasteiger partial charge in [0.05, 0.1) is 6.10 Å². The second kappa shape index (κ2) is 12.0. The molecule has 0 bridgehead atoms. The normalized spacial score (nSPS) is 11.2. The van der Waals surface area contributed by atoms with E-state index in [0.717, 1.165) is 19.6 Å². The van der Waals surface area contributed by atoms with Crippen molar-refractivity contribution in [2.45, 2.75) is 65.4 Å². The van der Waals surface area contributed by atoms with Crippen LogP contribution in [0.3, 0.4) is 0 Å². The summed E-state index contributed by atoms with van der Waals surface area (Å²) in [5.74, 6) is 0. The van der Waals surface area contributed by atoms with Gasteiger partial charge in [-0.1, -0.05) is 32.6 Å². The van der Waals surface area contributed by atoms with Crippen molar-refractivity contribution in [2.24, 2.45) is 0 Å². The molecule has 0 saturated carbocycles. The van der Waals surface area contributed by atoms with Gasteiger partial charge in [-0.15, -0.1) is 0 Å². The third-order valence-corrected chi connectivity index (χ3v) is 2.41. The summed E-state index contributed by atoms with van der Waals surface area (Å²) >= 11 is 0. The zero-order valence-electron chi connectivity index (χ0n) is 10.8. The lowest BCUT2D eigenvalue weighted by Gasteiger charge is -2.08. The first-order chi connectivity index (χ1) is 7.27. The van der Waals surface area contributed by atoms with E-state index in [4.69, 9.17) is 4.74 Å². The van der Waals surface area contributed by atoms with E-state index in [2.05, 4.69) is 26.1 Å². The highest BCUT2D eigenvalue weighted by molar-refractivity contribution is 4.50. The Labute approximate surface area is 95.8 Å². The monoisotopic (exact) mass is 215 g/mol. The van der Waals surface area contributed by atoms with Crippen LogP contribution in [0.5, 0.6) is 0 Å². The minimum atomic E-state index is 0.374. The molecule has 0 aliphatic carbocycles. The van der Waals surface area contributed by atoms with Crippen LogP contribution in [-0.4, -0.2) is 25.8 Å². The van der Waals surface area contributed by atoms with E-state index < -0.39 is 0 Å². The average Bonchev–Trinajstić information content (AvgIpc) is 2.20. The van der Waals surface area contributed by atoms with Gasteiger partial charge in [-0.05, 0) is 39.8 Å². The first-order valence-corrected chi connectivity index (χ1v) is 6.59. The topological polar surface area (TPSA) is 21.3 Å². The van der Waals surface area contributed by atoms with Crippen molar-refractivity contribution < 1.29 is 4.74 Å². The summed E-state index contributed by atoms with van der Waals surface area (Å²) in [5, 5.41) is 3.46. The Morgan fingerprint density at radius 1 is 0.933 bits per heavy atom. The van der Waals surface area contributed by atoms with Crippen LogP contribution in [0.15, 0.2) is 0 Å². The highest BCUT2D eigenvalue weighted by Gasteiger charge is 1.93. The lowest BCUT2D eigenvalue weighted by Crippen LogP contribution is -2.18. The maximum atomic E-state index is 5.46. The van der Waals surface area contributed by atoms with Crippen molar-refractivity contribution in [3.63, 3.8) is 0 Å². The van der Waals surface area contributed by atoms with E-state index in [9.17, 15) is 0 Å². The van der Waals surface area contributed by atoms with Crippen LogP contribution in [0, 0.1) is 0 Å². The third-order valence-electron chi connectivity index (χ3n) is 2.41. The summed E-state index contributed by atoms with van der Waals surface area (Å²) in [6, 6.07) is 0. The summed E-state index contributed by atoms with van der Waals surface area (Å²) < 4.78 is 5.46.